The molecule has 0 saturated heterocycles. The maximum Gasteiger partial charge on any atom is 2.00 e. The Morgan fingerprint density at radius 3 is 1.56 bits per heavy atom. The van der Waals surface area contributed by atoms with Gasteiger partial charge in [-0.1, -0.05) is 0 Å². The zero-order chi connectivity index (χ0) is 5.98. The first-order valence-electron chi connectivity index (χ1n) is 3.62. The second kappa shape index (κ2) is 4.47. The second-order valence-electron chi connectivity index (χ2n) is 2.91. The van der Waals surface area contributed by atoms with Crippen LogP contribution in [0.3, 0.4) is 0 Å². The Bertz CT molecular complexity index is 63.7. The number of rotatable bonds is 0. The summed E-state index contributed by atoms with van der Waals surface area (Å²) in [5, 5.41) is 0. The molecule has 2 aliphatic carbocycles. The number of hydrogen-bond donors (Lipinski definition) is 0. The minimum Gasteiger partial charge on any atom is -0.335 e. The fourth-order valence-corrected chi connectivity index (χ4v) is 1.18. The third-order valence-corrected chi connectivity index (χ3v) is 1.98. The molecule has 0 radical (unpaired) electrons. The van der Waals surface area contributed by atoms with E-state index in [-0.39, 0.29) is 21.8 Å². The van der Waals surface area contributed by atoms with Gasteiger partial charge in [0.2, 0.25) is 0 Å². The predicted molar refractivity (Wildman–Crippen MR) is 38.6 cm³/mol. The Labute approximate surface area is 73.6 Å². The summed E-state index contributed by atoms with van der Waals surface area (Å²) >= 11 is 0. The summed E-state index contributed by atoms with van der Waals surface area (Å²) in [7, 11) is 0. The van der Waals surface area contributed by atoms with Gasteiger partial charge in [-0.25, -0.2) is 0 Å². The van der Waals surface area contributed by atoms with Gasteiger partial charge >= 0.3 is 20.4 Å². The average molecular weight is 220 g/mol. The van der Waals surface area contributed by atoms with Crippen molar-refractivity contribution in [1.29, 1.82) is 0 Å². The molecule has 0 bridgehead atoms. The maximum absolute atomic E-state index is 2.00. The molecule has 58 valence electrons. The molecule has 1 unspecified atom stereocenters. The quantitative estimate of drug-likeness (QED) is 0.434. The van der Waals surface area contributed by atoms with Gasteiger partial charge in [0.15, 0.2) is 0 Å². The molecule has 0 N–H and O–H groups in total. The molecule has 2 fully saturated rings. The van der Waals surface area contributed by atoms with Crippen molar-refractivity contribution in [3.8, 4) is 0 Å². The van der Waals surface area contributed by atoms with E-state index >= 15 is 0 Å². The zero-order valence-electron chi connectivity index (χ0n) is 6.17. The fraction of sp³-hybridized carbons (Fsp3) is 0.875. The van der Waals surface area contributed by atoms with E-state index in [9.17, 15) is 0 Å². The van der Waals surface area contributed by atoms with Crippen molar-refractivity contribution in [2.75, 3.05) is 0 Å². The minimum absolute atomic E-state index is 0. The summed E-state index contributed by atoms with van der Waals surface area (Å²) in [6.45, 7) is 4.00. The molecule has 9 heavy (non-hydrogen) atoms. The molecule has 1 heteroatoms. The Hall–Kier alpha value is 0.662. The SMILES string of the molecule is C1C[C@H]2CC12.C[CH-]C.[HH].[Pd+2]. The largest absolute Gasteiger partial charge is 2.00 e. The summed E-state index contributed by atoms with van der Waals surface area (Å²) in [6.07, 6.45) is 6.70. The van der Waals surface area contributed by atoms with Crippen LogP contribution in [-0.4, -0.2) is 0 Å². The van der Waals surface area contributed by atoms with Crippen molar-refractivity contribution in [3.05, 3.63) is 6.42 Å². The third kappa shape index (κ3) is 2.83. The first-order chi connectivity index (χ1) is 3.88. The van der Waals surface area contributed by atoms with Gasteiger partial charge in [0.1, 0.15) is 0 Å². The molecular weight excluding hydrogens is 203 g/mol. The van der Waals surface area contributed by atoms with Gasteiger partial charge in [0.25, 0.3) is 0 Å². The molecule has 0 aromatic rings. The van der Waals surface area contributed by atoms with Crippen LogP contribution < -0.4 is 0 Å². The van der Waals surface area contributed by atoms with Crippen molar-refractivity contribution in [1.82, 2.24) is 0 Å². The maximum atomic E-state index is 2.00. The molecule has 0 amide bonds. The van der Waals surface area contributed by atoms with Crippen LogP contribution in [0.25, 0.3) is 0 Å². The summed E-state index contributed by atoms with van der Waals surface area (Å²) in [5.74, 6) is 2.46. The third-order valence-electron chi connectivity index (χ3n) is 1.98. The van der Waals surface area contributed by atoms with E-state index in [1.807, 2.05) is 20.3 Å². The second-order valence-corrected chi connectivity index (χ2v) is 2.91. The standard InChI is InChI=1S/C5H8.C3H7.Pd.H2/c1-2-5-3-4(1)5;1-3-2;;/h4-5H,1-3H2;3H,1-2H3;;1H/q;-1;+2;/t4-,5?;;;/m0.../s1. The Balaban J connectivity index is 0. The molecule has 0 aliphatic heterocycles. The van der Waals surface area contributed by atoms with Gasteiger partial charge in [-0.05, 0) is 31.1 Å². The van der Waals surface area contributed by atoms with E-state index in [0.717, 1.165) is 0 Å². The number of hydrogen-bond acceptors (Lipinski definition) is 0. The Morgan fingerprint density at radius 2 is 1.56 bits per heavy atom. The first-order valence-corrected chi connectivity index (χ1v) is 3.62. The predicted octanol–water partition coefficient (Wildman–Crippen LogP) is 2.89. The fourth-order valence-electron chi connectivity index (χ4n) is 1.18. The monoisotopic (exact) mass is 219 g/mol. The van der Waals surface area contributed by atoms with E-state index in [1.165, 1.54) is 11.8 Å². The van der Waals surface area contributed by atoms with Crippen LogP contribution in [0.1, 0.15) is 34.5 Å². The molecule has 0 spiro atoms. The van der Waals surface area contributed by atoms with Gasteiger partial charge in [-0.3, -0.25) is 0 Å². The first kappa shape index (κ1) is 9.66. The number of fused-ring (bicyclic) bond motifs is 1. The van der Waals surface area contributed by atoms with Crippen LogP contribution in [0.2, 0.25) is 0 Å². The normalized spacial score (nSPS) is 34.0. The molecule has 0 aromatic heterocycles. The molecule has 0 aromatic carbocycles. The van der Waals surface area contributed by atoms with E-state index in [1.54, 1.807) is 19.3 Å². The van der Waals surface area contributed by atoms with Gasteiger partial charge in [0.05, 0.1) is 0 Å². The Morgan fingerprint density at radius 1 is 1.22 bits per heavy atom. The summed E-state index contributed by atoms with van der Waals surface area (Å²) in [5.41, 5.74) is 0. The smallest absolute Gasteiger partial charge is 0.335 e. The van der Waals surface area contributed by atoms with Gasteiger partial charge in [-0.15, -0.1) is 0 Å². The van der Waals surface area contributed by atoms with E-state index < -0.39 is 0 Å². The molecule has 2 saturated carbocycles. The van der Waals surface area contributed by atoms with Crippen molar-refractivity contribution >= 4 is 0 Å². The molecule has 0 nitrogen and oxygen atoms in total. The molecule has 0 heterocycles. The van der Waals surface area contributed by atoms with Crippen LogP contribution in [0.5, 0.6) is 0 Å². The van der Waals surface area contributed by atoms with Gasteiger partial charge < -0.3 is 6.42 Å². The van der Waals surface area contributed by atoms with E-state index in [0.29, 0.717) is 0 Å². The summed E-state index contributed by atoms with van der Waals surface area (Å²) < 4.78 is 0. The van der Waals surface area contributed by atoms with Crippen LogP contribution >= 0.6 is 0 Å². The molecule has 2 rings (SSSR count). The van der Waals surface area contributed by atoms with E-state index in [2.05, 4.69) is 0 Å². The summed E-state index contributed by atoms with van der Waals surface area (Å²) in [4.78, 5) is 0. The van der Waals surface area contributed by atoms with Crippen molar-refractivity contribution in [2.24, 2.45) is 11.8 Å². The van der Waals surface area contributed by atoms with Crippen molar-refractivity contribution < 1.29 is 21.8 Å². The van der Waals surface area contributed by atoms with Crippen LogP contribution in [-0.2, 0) is 20.4 Å². The van der Waals surface area contributed by atoms with Crippen LogP contribution in [0, 0.1) is 18.3 Å². The van der Waals surface area contributed by atoms with Gasteiger partial charge in [0, 0.05) is 1.43 Å². The zero-order valence-corrected chi connectivity index (χ0v) is 7.72. The van der Waals surface area contributed by atoms with Gasteiger partial charge in [-0.2, -0.15) is 13.8 Å². The average Bonchev–Trinajstić information content (AvgIpc) is 2.16. The van der Waals surface area contributed by atoms with Crippen molar-refractivity contribution in [2.45, 2.75) is 33.1 Å². The Kier molecular flexibility index (Phi) is 4.80. The summed E-state index contributed by atoms with van der Waals surface area (Å²) in [6, 6.07) is 0. The van der Waals surface area contributed by atoms with Crippen LogP contribution in [0.15, 0.2) is 0 Å². The van der Waals surface area contributed by atoms with Crippen molar-refractivity contribution in [3.63, 3.8) is 0 Å². The molecular formula is C8H17Pd+. The van der Waals surface area contributed by atoms with Crippen LogP contribution in [0.4, 0.5) is 0 Å². The molecule has 2 aliphatic rings. The molecule has 2 atom stereocenters. The minimum atomic E-state index is 0. The van der Waals surface area contributed by atoms with E-state index in [4.69, 9.17) is 0 Å². The topological polar surface area (TPSA) is 0 Å².